The van der Waals surface area contributed by atoms with Gasteiger partial charge in [0.25, 0.3) is 0 Å². The molecule has 1 heterocycles. The van der Waals surface area contributed by atoms with E-state index in [4.69, 9.17) is 5.73 Å². The zero-order valence-corrected chi connectivity index (χ0v) is 8.83. The fourth-order valence-corrected chi connectivity index (χ4v) is 1.53. The first-order valence-corrected chi connectivity index (χ1v) is 4.72. The quantitative estimate of drug-likeness (QED) is 0.573. The van der Waals surface area contributed by atoms with Gasteiger partial charge in [0.15, 0.2) is 0 Å². The minimum atomic E-state index is -0.789. The summed E-state index contributed by atoms with van der Waals surface area (Å²) in [6.07, 6.45) is 0. The molecular weight excluding hydrogens is 182 g/mol. The number of hydrogen-bond acceptors (Lipinski definition) is 3. The second-order valence-corrected chi connectivity index (χ2v) is 4.09. The molecular formula is C9H17N3O2. The summed E-state index contributed by atoms with van der Waals surface area (Å²) in [7, 11) is 0. The number of carbonyl (C=O) groups is 2. The monoisotopic (exact) mass is 199 g/mol. The second kappa shape index (κ2) is 3.57. The fourth-order valence-electron chi connectivity index (χ4n) is 1.53. The zero-order chi connectivity index (χ0) is 10.9. The first kappa shape index (κ1) is 11.0. The van der Waals surface area contributed by atoms with Gasteiger partial charge in [0, 0.05) is 13.1 Å². The number of nitrogens with two attached hydrogens (primary N) is 1. The Kier molecular flexibility index (Phi) is 2.80. The van der Waals surface area contributed by atoms with Crippen LogP contribution in [0.2, 0.25) is 0 Å². The maximum atomic E-state index is 11.7. The predicted octanol–water partition coefficient (Wildman–Crippen LogP) is -0.929. The van der Waals surface area contributed by atoms with Gasteiger partial charge in [0.1, 0.15) is 5.54 Å². The Morgan fingerprint density at radius 1 is 1.64 bits per heavy atom. The predicted molar refractivity (Wildman–Crippen MR) is 52.5 cm³/mol. The lowest BCUT2D eigenvalue weighted by Gasteiger charge is -2.41. The SMILES string of the molecule is C[C@@H](N)C(=O)N1CCNC(=O)C1(C)C. The third-order valence-corrected chi connectivity index (χ3v) is 2.51. The van der Waals surface area contributed by atoms with Crippen molar-refractivity contribution < 1.29 is 9.59 Å². The Morgan fingerprint density at radius 2 is 2.21 bits per heavy atom. The average Bonchev–Trinajstić information content (AvgIpc) is 2.08. The highest BCUT2D eigenvalue weighted by atomic mass is 16.2. The number of hydrogen-bond donors (Lipinski definition) is 2. The lowest BCUT2D eigenvalue weighted by atomic mass is 9.98. The molecule has 1 fully saturated rings. The number of nitrogens with zero attached hydrogens (tertiary/aromatic N) is 1. The van der Waals surface area contributed by atoms with Crippen molar-refractivity contribution in [2.24, 2.45) is 5.73 Å². The molecule has 0 saturated carbocycles. The van der Waals surface area contributed by atoms with Crippen LogP contribution in [-0.4, -0.2) is 41.4 Å². The topological polar surface area (TPSA) is 75.4 Å². The van der Waals surface area contributed by atoms with Crippen LogP contribution in [0.15, 0.2) is 0 Å². The standard InChI is InChI=1S/C9H17N3O2/c1-6(10)7(13)12-5-4-11-8(14)9(12,2)3/h6H,4-5,10H2,1-3H3,(H,11,14)/t6-/m1/s1. The minimum Gasteiger partial charge on any atom is -0.352 e. The molecule has 1 rings (SSSR count). The Morgan fingerprint density at radius 3 is 2.71 bits per heavy atom. The van der Waals surface area contributed by atoms with Gasteiger partial charge in [0.2, 0.25) is 11.8 Å². The molecule has 0 unspecified atom stereocenters. The fraction of sp³-hybridized carbons (Fsp3) is 0.778. The van der Waals surface area contributed by atoms with Crippen LogP contribution in [-0.2, 0) is 9.59 Å². The van der Waals surface area contributed by atoms with Crippen LogP contribution in [0, 0.1) is 0 Å². The number of rotatable bonds is 1. The molecule has 14 heavy (non-hydrogen) atoms. The van der Waals surface area contributed by atoms with E-state index >= 15 is 0 Å². The maximum Gasteiger partial charge on any atom is 0.245 e. The van der Waals surface area contributed by atoms with Gasteiger partial charge in [-0.2, -0.15) is 0 Å². The first-order valence-electron chi connectivity index (χ1n) is 4.72. The summed E-state index contributed by atoms with van der Waals surface area (Å²) in [6, 6.07) is -0.555. The van der Waals surface area contributed by atoms with Gasteiger partial charge in [-0.1, -0.05) is 0 Å². The molecule has 1 aliphatic rings. The highest BCUT2D eigenvalue weighted by Crippen LogP contribution is 2.18. The Balaban J connectivity index is 2.87. The third-order valence-electron chi connectivity index (χ3n) is 2.51. The number of nitrogens with one attached hydrogen (secondary N) is 1. The van der Waals surface area contributed by atoms with Crippen molar-refractivity contribution in [1.29, 1.82) is 0 Å². The van der Waals surface area contributed by atoms with Crippen LogP contribution < -0.4 is 11.1 Å². The van der Waals surface area contributed by atoms with E-state index in [1.54, 1.807) is 20.8 Å². The van der Waals surface area contributed by atoms with Gasteiger partial charge >= 0.3 is 0 Å². The van der Waals surface area contributed by atoms with Gasteiger partial charge in [0.05, 0.1) is 6.04 Å². The van der Waals surface area contributed by atoms with E-state index in [1.165, 1.54) is 4.90 Å². The molecule has 1 atom stereocenters. The molecule has 5 nitrogen and oxygen atoms in total. The molecule has 5 heteroatoms. The lowest BCUT2D eigenvalue weighted by Crippen LogP contribution is -2.65. The molecule has 3 N–H and O–H groups in total. The van der Waals surface area contributed by atoms with Crippen LogP contribution >= 0.6 is 0 Å². The number of piperazine rings is 1. The number of amides is 2. The molecule has 0 aliphatic carbocycles. The molecule has 80 valence electrons. The maximum absolute atomic E-state index is 11.7. The van der Waals surface area contributed by atoms with Crippen LogP contribution in [0.1, 0.15) is 20.8 Å². The van der Waals surface area contributed by atoms with E-state index in [0.717, 1.165) is 0 Å². The van der Waals surface area contributed by atoms with Crippen molar-refractivity contribution in [1.82, 2.24) is 10.2 Å². The number of carbonyl (C=O) groups excluding carboxylic acids is 2. The molecule has 2 amide bonds. The summed E-state index contributed by atoms with van der Waals surface area (Å²) < 4.78 is 0. The van der Waals surface area contributed by atoms with E-state index in [2.05, 4.69) is 5.32 Å². The summed E-state index contributed by atoms with van der Waals surface area (Å²) in [6.45, 7) is 6.11. The van der Waals surface area contributed by atoms with E-state index in [1.807, 2.05) is 0 Å². The Hall–Kier alpha value is -1.10. The van der Waals surface area contributed by atoms with E-state index < -0.39 is 11.6 Å². The van der Waals surface area contributed by atoms with Crippen LogP contribution in [0.3, 0.4) is 0 Å². The van der Waals surface area contributed by atoms with Crippen molar-refractivity contribution in [2.45, 2.75) is 32.4 Å². The van der Waals surface area contributed by atoms with E-state index in [-0.39, 0.29) is 11.8 Å². The summed E-state index contributed by atoms with van der Waals surface area (Å²) in [5.41, 5.74) is 4.72. The van der Waals surface area contributed by atoms with E-state index in [0.29, 0.717) is 13.1 Å². The summed E-state index contributed by atoms with van der Waals surface area (Å²) in [5.74, 6) is -0.303. The minimum absolute atomic E-state index is 0.127. The zero-order valence-electron chi connectivity index (χ0n) is 8.83. The van der Waals surface area contributed by atoms with Gasteiger partial charge in [-0.05, 0) is 20.8 Å². The second-order valence-electron chi connectivity index (χ2n) is 4.09. The highest BCUT2D eigenvalue weighted by Gasteiger charge is 2.40. The average molecular weight is 199 g/mol. The Labute approximate surface area is 83.6 Å². The van der Waals surface area contributed by atoms with Gasteiger partial charge in [-0.3, -0.25) is 9.59 Å². The molecule has 0 spiro atoms. The van der Waals surface area contributed by atoms with Crippen molar-refractivity contribution >= 4 is 11.8 Å². The van der Waals surface area contributed by atoms with Crippen molar-refractivity contribution in [3.8, 4) is 0 Å². The molecule has 0 aromatic heterocycles. The molecule has 0 bridgehead atoms. The first-order chi connectivity index (χ1) is 6.37. The molecule has 0 radical (unpaired) electrons. The normalized spacial score (nSPS) is 22.9. The van der Waals surface area contributed by atoms with Gasteiger partial charge < -0.3 is 16.0 Å². The van der Waals surface area contributed by atoms with Crippen molar-refractivity contribution in [2.75, 3.05) is 13.1 Å². The lowest BCUT2D eigenvalue weighted by molar-refractivity contribution is -0.149. The molecule has 0 aromatic rings. The molecule has 1 saturated heterocycles. The van der Waals surface area contributed by atoms with Crippen LogP contribution in [0.5, 0.6) is 0 Å². The molecule has 1 aliphatic heterocycles. The van der Waals surface area contributed by atoms with E-state index in [9.17, 15) is 9.59 Å². The van der Waals surface area contributed by atoms with Gasteiger partial charge in [-0.25, -0.2) is 0 Å². The summed E-state index contributed by atoms with van der Waals surface area (Å²) in [5, 5.41) is 2.72. The highest BCUT2D eigenvalue weighted by molar-refractivity contribution is 5.93. The van der Waals surface area contributed by atoms with Crippen LogP contribution in [0.25, 0.3) is 0 Å². The third kappa shape index (κ3) is 1.72. The largest absolute Gasteiger partial charge is 0.352 e. The van der Waals surface area contributed by atoms with Crippen molar-refractivity contribution in [3.05, 3.63) is 0 Å². The molecule has 0 aromatic carbocycles. The van der Waals surface area contributed by atoms with Gasteiger partial charge in [-0.15, -0.1) is 0 Å². The van der Waals surface area contributed by atoms with Crippen LogP contribution in [0.4, 0.5) is 0 Å². The Bertz CT molecular complexity index is 261. The summed E-state index contributed by atoms with van der Waals surface area (Å²) >= 11 is 0. The van der Waals surface area contributed by atoms with Crippen molar-refractivity contribution in [3.63, 3.8) is 0 Å². The summed E-state index contributed by atoms with van der Waals surface area (Å²) in [4.78, 5) is 24.7. The smallest absolute Gasteiger partial charge is 0.245 e.